The first-order valence-corrected chi connectivity index (χ1v) is 19.8. The lowest BCUT2D eigenvalue weighted by molar-refractivity contribution is 0.661. The van der Waals surface area contributed by atoms with Gasteiger partial charge in [-0.15, -0.1) is 0 Å². The molecule has 0 amide bonds. The Hall–Kier alpha value is -7.31. The lowest BCUT2D eigenvalue weighted by atomic mass is 9.79. The van der Waals surface area contributed by atoms with E-state index in [1.54, 1.807) is 12.4 Å². The maximum atomic E-state index is 5.20. The van der Waals surface area contributed by atoms with Crippen molar-refractivity contribution in [3.8, 4) is 33.9 Å². The molecule has 0 fully saturated rings. The van der Waals surface area contributed by atoms with Crippen LogP contribution in [0.5, 0.6) is 0 Å². The highest BCUT2D eigenvalue weighted by Gasteiger charge is 2.39. The highest BCUT2D eigenvalue weighted by molar-refractivity contribution is 6.18. The summed E-state index contributed by atoms with van der Waals surface area (Å²) in [6, 6.07) is 52.2. The lowest BCUT2D eigenvalue weighted by Crippen LogP contribution is -2.17. The molecule has 11 rings (SSSR count). The predicted molar refractivity (Wildman–Crippen MR) is 235 cm³/mol. The zero-order valence-corrected chi connectivity index (χ0v) is 32.2. The Morgan fingerprint density at radius 3 is 1.88 bits per heavy atom. The molecule has 276 valence electrons. The maximum absolute atomic E-state index is 5.20. The Balaban J connectivity index is 1.26. The molecule has 0 spiro atoms. The summed E-state index contributed by atoms with van der Waals surface area (Å²) >= 11 is 0. The molecule has 4 heterocycles. The molecule has 9 aromatic rings. The van der Waals surface area contributed by atoms with Crippen molar-refractivity contribution >= 4 is 38.6 Å². The van der Waals surface area contributed by atoms with E-state index in [2.05, 4.69) is 156 Å². The minimum atomic E-state index is -0.146. The SMILES string of the molecule is CC1(C)c2ccccc2-c2c1ccc1c3ccccc3n(C3=C(c4ccccc4)C=C(c4nc(-c5cccnc5)nc(-c5cccnc5)n4)CC3c3ccccc3)c21. The molecule has 1 unspecified atom stereocenters. The number of nitrogens with zero attached hydrogens (tertiary/aromatic N) is 6. The summed E-state index contributed by atoms with van der Waals surface area (Å²) in [5, 5.41) is 2.49. The van der Waals surface area contributed by atoms with E-state index >= 15 is 0 Å². The minimum absolute atomic E-state index is 0.0589. The van der Waals surface area contributed by atoms with Gasteiger partial charge in [-0.2, -0.15) is 0 Å². The Morgan fingerprint density at radius 1 is 0.552 bits per heavy atom. The van der Waals surface area contributed by atoms with Crippen molar-refractivity contribution in [1.29, 1.82) is 0 Å². The number of hydrogen-bond acceptors (Lipinski definition) is 5. The third kappa shape index (κ3) is 5.36. The van der Waals surface area contributed by atoms with Gasteiger partial charge in [0.2, 0.25) is 0 Å². The summed E-state index contributed by atoms with van der Waals surface area (Å²) in [7, 11) is 0. The van der Waals surface area contributed by atoms with Crippen molar-refractivity contribution in [2.75, 3.05) is 0 Å². The van der Waals surface area contributed by atoms with Crippen LogP contribution >= 0.6 is 0 Å². The molecule has 2 aliphatic carbocycles. The van der Waals surface area contributed by atoms with E-state index in [-0.39, 0.29) is 11.3 Å². The number of hydrogen-bond donors (Lipinski definition) is 0. The molecule has 0 bridgehead atoms. The zero-order chi connectivity index (χ0) is 38.8. The molecule has 6 heteroatoms. The van der Waals surface area contributed by atoms with Crippen LogP contribution in [-0.4, -0.2) is 29.5 Å². The molecule has 58 heavy (non-hydrogen) atoms. The van der Waals surface area contributed by atoms with E-state index in [4.69, 9.17) is 15.0 Å². The number of aromatic nitrogens is 6. The van der Waals surface area contributed by atoms with Gasteiger partial charge in [-0.05, 0) is 76.2 Å². The van der Waals surface area contributed by atoms with Crippen LogP contribution in [-0.2, 0) is 5.41 Å². The summed E-state index contributed by atoms with van der Waals surface area (Å²) in [6.45, 7) is 4.73. The van der Waals surface area contributed by atoms with Gasteiger partial charge in [-0.25, -0.2) is 15.0 Å². The van der Waals surface area contributed by atoms with Gasteiger partial charge in [0.1, 0.15) is 0 Å². The van der Waals surface area contributed by atoms with E-state index in [1.165, 1.54) is 55.3 Å². The molecule has 2 aliphatic rings. The van der Waals surface area contributed by atoms with Gasteiger partial charge in [0.05, 0.1) is 11.0 Å². The number of allylic oxidation sites excluding steroid dienone is 4. The molecule has 5 aromatic carbocycles. The molecular weight excluding hydrogens is 709 g/mol. The Morgan fingerprint density at radius 2 is 1.17 bits per heavy atom. The van der Waals surface area contributed by atoms with Gasteiger partial charge in [-0.1, -0.05) is 129 Å². The number of pyridine rings is 2. The normalized spacial score (nSPS) is 15.7. The molecule has 1 atom stereocenters. The van der Waals surface area contributed by atoms with E-state index in [1.807, 2.05) is 36.7 Å². The molecule has 6 nitrogen and oxygen atoms in total. The van der Waals surface area contributed by atoms with Gasteiger partial charge in [0.15, 0.2) is 17.5 Å². The fourth-order valence-electron chi connectivity index (χ4n) is 9.31. The second-order valence-corrected chi connectivity index (χ2v) is 15.7. The second kappa shape index (κ2) is 13.4. The van der Waals surface area contributed by atoms with Gasteiger partial charge < -0.3 is 4.57 Å². The first-order chi connectivity index (χ1) is 28.5. The lowest BCUT2D eigenvalue weighted by Gasteiger charge is -2.31. The molecule has 0 saturated carbocycles. The van der Waals surface area contributed by atoms with Gasteiger partial charge in [0.25, 0.3) is 0 Å². The topological polar surface area (TPSA) is 69.4 Å². The van der Waals surface area contributed by atoms with Crippen LogP contribution in [0.2, 0.25) is 0 Å². The van der Waals surface area contributed by atoms with E-state index in [0.29, 0.717) is 23.9 Å². The zero-order valence-electron chi connectivity index (χ0n) is 32.2. The molecule has 0 saturated heterocycles. The Bertz CT molecular complexity index is 3030. The van der Waals surface area contributed by atoms with Crippen LogP contribution < -0.4 is 0 Å². The average molecular weight is 747 g/mol. The highest BCUT2D eigenvalue weighted by Crippen LogP contribution is 2.55. The fraction of sp³-hybridized carbons (Fsp3) is 0.0962. The number of rotatable bonds is 6. The molecule has 0 radical (unpaired) electrons. The summed E-state index contributed by atoms with van der Waals surface area (Å²) in [6.07, 6.45) is 10.2. The molecule has 4 aromatic heterocycles. The van der Waals surface area contributed by atoms with E-state index in [9.17, 15) is 0 Å². The molecular formula is C52H38N6. The maximum Gasteiger partial charge on any atom is 0.165 e. The fourth-order valence-corrected chi connectivity index (χ4v) is 9.31. The van der Waals surface area contributed by atoms with Crippen molar-refractivity contribution in [2.24, 2.45) is 0 Å². The number of benzene rings is 5. The highest BCUT2D eigenvalue weighted by atomic mass is 15.0. The standard InChI is InChI=1S/C52H38N6/c1-52(2)43-23-11-9-22-40(43)46-44(52)26-25-39-38-21-10-12-24-45(38)58(48(39)46)47-41(33-15-5-3-6-16-33)29-37(30-42(47)34-17-7-4-8-18-34)51-56-49(35-19-13-27-53-31-35)55-50(57-51)36-20-14-28-54-32-36/h3-29,31-32,42H,30H2,1-2H3. The molecule has 0 N–H and O–H groups in total. The van der Waals surface area contributed by atoms with Gasteiger partial charge in [0, 0.05) is 74.9 Å². The smallest absolute Gasteiger partial charge is 0.165 e. The summed E-state index contributed by atoms with van der Waals surface area (Å²) in [5.41, 5.74) is 15.0. The first-order valence-electron chi connectivity index (χ1n) is 19.8. The quantitative estimate of drug-likeness (QED) is 0.169. The van der Waals surface area contributed by atoms with Crippen LogP contribution in [0.25, 0.3) is 72.6 Å². The van der Waals surface area contributed by atoms with Crippen LogP contribution in [0.15, 0.2) is 176 Å². The monoisotopic (exact) mass is 746 g/mol. The van der Waals surface area contributed by atoms with Gasteiger partial charge in [-0.3, -0.25) is 9.97 Å². The van der Waals surface area contributed by atoms with Crippen molar-refractivity contribution < 1.29 is 0 Å². The van der Waals surface area contributed by atoms with Crippen molar-refractivity contribution in [2.45, 2.75) is 31.6 Å². The Kier molecular flexibility index (Phi) is 7.86. The van der Waals surface area contributed by atoms with Crippen LogP contribution in [0.3, 0.4) is 0 Å². The first kappa shape index (κ1) is 34.0. The van der Waals surface area contributed by atoms with Crippen molar-refractivity contribution in [3.05, 3.63) is 205 Å². The van der Waals surface area contributed by atoms with Crippen LogP contribution in [0, 0.1) is 0 Å². The van der Waals surface area contributed by atoms with Gasteiger partial charge >= 0.3 is 0 Å². The largest absolute Gasteiger partial charge is 0.311 e. The predicted octanol–water partition coefficient (Wildman–Crippen LogP) is 12.0. The summed E-state index contributed by atoms with van der Waals surface area (Å²) in [5.74, 6) is 1.73. The van der Waals surface area contributed by atoms with E-state index < -0.39 is 0 Å². The Labute approximate surface area is 337 Å². The third-order valence-corrected chi connectivity index (χ3v) is 12.0. The molecule has 0 aliphatic heterocycles. The number of para-hydroxylation sites is 1. The van der Waals surface area contributed by atoms with Crippen molar-refractivity contribution in [1.82, 2.24) is 29.5 Å². The summed E-state index contributed by atoms with van der Waals surface area (Å²) in [4.78, 5) is 24.2. The third-order valence-electron chi connectivity index (χ3n) is 12.0. The van der Waals surface area contributed by atoms with E-state index in [0.717, 1.165) is 27.8 Å². The van der Waals surface area contributed by atoms with Crippen molar-refractivity contribution in [3.63, 3.8) is 0 Å². The minimum Gasteiger partial charge on any atom is -0.311 e. The second-order valence-electron chi connectivity index (χ2n) is 15.7. The van der Waals surface area contributed by atoms with Crippen LogP contribution in [0.4, 0.5) is 0 Å². The summed E-state index contributed by atoms with van der Waals surface area (Å²) < 4.78 is 2.60. The average Bonchev–Trinajstić information content (AvgIpc) is 3.75. The van der Waals surface area contributed by atoms with Crippen LogP contribution in [0.1, 0.15) is 54.3 Å². The number of fused-ring (bicyclic) bond motifs is 7.